The summed E-state index contributed by atoms with van der Waals surface area (Å²) in [6, 6.07) is 0. The summed E-state index contributed by atoms with van der Waals surface area (Å²) in [7, 11) is 1.81. The third kappa shape index (κ3) is 5.54. The Morgan fingerprint density at radius 2 is 2.11 bits per heavy atom. The Labute approximate surface area is 112 Å². The smallest absolute Gasteiger partial charge is 0.191 e. The van der Waals surface area contributed by atoms with Gasteiger partial charge >= 0.3 is 0 Å². The second-order valence-corrected chi connectivity index (χ2v) is 4.91. The first kappa shape index (κ1) is 15.0. The van der Waals surface area contributed by atoms with Crippen LogP contribution in [0.1, 0.15) is 26.2 Å². The van der Waals surface area contributed by atoms with Crippen molar-refractivity contribution in [3.63, 3.8) is 0 Å². The standard InChI is InChI=1S/C14H28N4/c1-4-8-16-14(15-3)17-12-13-6-10-18(9-5-2)11-7-13/h4,13H,1,5-12H2,2-3H3,(H2,15,16,17). The molecular weight excluding hydrogens is 224 g/mol. The summed E-state index contributed by atoms with van der Waals surface area (Å²) in [4.78, 5) is 6.76. The number of nitrogens with zero attached hydrogens (tertiary/aromatic N) is 2. The third-order valence-electron chi connectivity index (χ3n) is 3.44. The van der Waals surface area contributed by atoms with Crippen LogP contribution in [0.3, 0.4) is 0 Å². The van der Waals surface area contributed by atoms with Crippen LogP contribution < -0.4 is 10.6 Å². The molecule has 1 fully saturated rings. The highest BCUT2D eigenvalue weighted by atomic mass is 15.2. The lowest BCUT2D eigenvalue weighted by atomic mass is 9.97. The molecule has 1 heterocycles. The van der Waals surface area contributed by atoms with Gasteiger partial charge in [0.25, 0.3) is 0 Å². The highest BCUT2D eigenvalue weighted by Crippen LogP contribution is 2.16. The molecule has 2 N–H and O–H groups in total. The molecule has 4 heteroatoms. The number of hydrogen-bond donors (Lipinski definition) is 2. The molecule has 18 heavy (non-hydrogen) atoms. The fraction of sp³-hybridized carbons (Fsp3) is 0.786. The van der Waals surface area contributed by atoms with E-state index in [0.29, 0.717) is 0 Å². The maximum Gasteiger partial charge on any atom is 0.191 e. The first-order valence-corrected chi connectivity index (χ1v) is 7.07. The molecule has 0 bridgehead atoms. The van der Waals surface area contributed by atoms with Crippen molar-refractivity contribution < 1.29 is 0 Å². The van der Waals surface area contributed by atoms with Crippen molar-refractivity contribution in [2.45, 2.75) is 26.2 Å². The molecule has 0 radical (unpaired) electrons. The lowest BCUT2D eigenvalue weighted by Crippen LogP contribution is -2.43. The first-order valence-electron chi connectivity index (χ1n) is 7.07. The van der Waals surface area contributed by atoms with E-state index in [4.69, 9.17) is 0 Å². The largest absolute Gasteiger partial charge is 0.356 e. The fourth-order valence-electron chi connectivity index (χ4n) is 2.36. The highest BCUT2D eigenvalue weighted by Gasteiger charge is 2.18. The number of rotatable bonds is 6. The van der Waals surface area contributed by atoms with E-state index in [9.17, 15) is 0 Å². The van der Waals surface area contributed by atoms with Crippen LogP contribution >= 0.6 is 0 Å². The maximum absolute atomic E-state index is 4.19. The van der Waals surface area contributed by atoms with E-state index >= 15 is 0 Å². The average Bonchev–Trinajstić information content (AvgIpc) is 2.41. The van der Waals surface area contributed by atoms with Crippen LogP contribution in [0.4, 0.5) is 0 Å². The molecule has 1 rings (SSSR count). The Hall–Kier alpha value is -1.03. The van der Waals surface area contributed by atoms with E-state index in [1.807, 2.05) is 13.1 Å². The Morgan fingerprint density at radius 3 is 2.67 bits per heavy atom. The maximum atomic E-state index is 4.19. The number of guanidine groups is 1. The Balaban J connectivity index is 2.18. The summed E-state index contributed by atoms with van der Waals surface area (Å²) >= 11 is 0. The predicted molar refractivity (Wildman–Crippen MR) is 79.0 cm³/mol. The van der Waals surface area contributed by atoms with E-state index in [1.165, 1.54) is 38.9 Å². The number of aliphatic imine (C=N–C) groups is 1. The van der Waals surface area contributed by atoms with Crippen molar-refractivity contribution in [1.82, 2.24) is 15.5 Å². The summed E-state index contributed by atoms with van der Waals surface area (Å²) in [6.07, 6.45) is 5.70. The minimum Gasteiger partial charge on any atom is -0.356 e. The summed E-state index contributed by atoms with van der Waals surface area (Å²) < 4.78 is 0. The van der Waals surface area contributed by atoms with Crippen LogP contribution in [-0.4, -0.2) is 50.6 Å². The molecule has 0 atom stereocenters. The number of hydrogen-bond acceptors (Lipinski definition) is 2. The summed E-state index contributed by atoms with van der Waals surface area (Å²) in [5.74, 6) is 1.66. The normalized spacial score (nSPS) is 18.7. The highest BCUT2D eigenvalue weighted by molar-refractivity contribution is 5.79. The minimum atomic E-state index is 0.759. The molecule has 0 aromatic heterocycles. The zero-order valence-electron chi connectivity index (χ0n) is 11.9. The van der Waals surface area contributed by atoms with E-state index in [0.717, 1.165) is 25.0 Å². The van der Waals surface area contributed by atoms with Gasteiger partial charge in [0.2, 0.25) is 0 Å². The van der Waals surface area contributed by atoms with Crippen molar-refractivity contribution in [3.05, 3.63) is 12.7 Å². The van der Waals surface area contributed by atoms with E-state index < -0.39 is 0 Å². The molecule has 1 aliphatic rings. The van der Waals surface area contributed by atoms with Crippen LogP contribution in [0, 0.1) is 5.92 Å². The number of piperidine rings is 1. The molecule has 0 aliphatic carbocycles. The molecule has 0 spiro atoms. The number of nitrogens with one attached hydrogen (secondary N) is 2. The lowest BCUT2D eigenvalue weighted by Gasteiger charge is -2.32. The van der Waals surface area contributed by atoms with Gasteiger partial charge in [0.05, 0.1) is 0 Å². The van der Waals surface area contributed by atoms with Gasteiger partial charge in [-0.05, 0) is 44.8 Å². The molecule has 0 amide bonds. The fourth-order valence-corrected chi connectivity index (χ4v) is 2.36. The van der Waals surface area contributed by atoms with Gasteiger partial charge in [0.15, 0.2) is 5.96 Å². The van der Waals surface area contributed by atoms with Gasteiger partial charge in [-0.1, -0.05) is 13.0 Å². The Morgan fingerprint density at radius 1 is 1.39 bits per heavy atom. The van der Waals surface area contributed by atoms with Crippen molar-refractivity contribution in [2.75, 3.05) is 39.8 Å². The monoisotopic (exact) mass is 252 g/mol. The van der Waals surface area contributed by atoms with Crippen molar-refractivity contribution >= 4 is 5.96 Å². The summed E-state index contributed by atoms with van der Waals surface area (Å²) in [5, 5.41) is 6.59. The molecule has 4 nitrogen and oxygen atoms in total. The average molecular weight is 252 g/mol. The van der Waals surface area contributed by atoms with Crippen molar-refractivity contribution in [3.8, 4) is 0 Å². The molecule has 1 aliphatic heterocycles. The molecule has 1 saturated heterocycles. The van der Waals surface area contributed by atoms with E-state index in [1.54, 1.807) is 0 Å². The zero-order chi connectivity index (χ0) is 13.2. The van der Waals surface area contributed by atoms with Crippen LogP contribution in [0.15, 0.2) is 17.6 Å². The topological polar surface area (TPSA) is 39.7 Å². The first-order chi connectivity index (χ1) is 8.80. The zero-order valence-corrected chi connectivity index (χ0v) is 11.9. The molecular formula is C14H28N4. The van der Waals surface area contributed by atoms with Crippen LogP contribution in [0.25, 0.3) is 0 Å². The van der Waals surface area contributed by atoms with Gasteiger partial charge in [-0.2, -0.15) is 0 Å². The van der Waals surface area contributed by atoms with Crippen LogP contribution in [0.5, 0.6) is 0 Å². The molecule has 0 aromatic rings. The van der Waals surface area contributed by atoms with Gasteiger partial charge in [0, 0.05) is 20.1 Å². The van der Waals surface area contributed by atoms with E-state index in [2.05, 4.69) is 34.0 Å². The molecule has 0 unspecified atom stereocenters. The van der Waals surface area contributed by atoms with Gasteiger partial charge in [-0.15, -0.1) is 6.58 Å². The van der Waals surface area contributed by atoms with Crippen LogP contribution in [-0.2, 0) is 0 Å². The van der Waals surface area contributed by atoms with Gasteiger partial charge in [0.1, 0.15) is 0 Å². The van der Waals surface area contributed by atoms with Crippen molar-refractivity contribution in [2.24, 2.45) is 10.9 Å². The quantitative estimate of drug-likeness (QED) is 0.427. The second kappa shape index (κ2) is 8.97. The molecule has 0 saturated carbocycles. The molecule has 104 valence electrons. The van der Waals surface area contributed by atoms with Gasteiger partial charge < -0.3 is 15.5 Å². The SMILES string of the molecule is C=CCNC(=NC)NCC1CCN(CCC)CC1. The predicted octanol–water partition coefficient (Wildman–Crippen LogP) is 1.46. The lowest BCUT2D eigenvalue weighted by molar-refractivity contribution is 0.185. The van der Waals surface area contributed by atoms with Crippen LogP contribution in [0.2, 0.25) is 0 Å². The van der Waals surface area contributed by atoms with Gasteiger partial charge in [-0.25, -0.2) is 0 Å². The van der Waals surface area contributed by atoms with E-state index in [-0.39, 0.29) is 0 Å². The van der Waals surface area contributed by atoms with Crippen molar-refractivity contribution in [1.29, 1.82) is 0 Å². The Kier molecular flexibility index (Phi) is 7.49. The van der Waals surface area contributed by atoms with Gasteiger partial charge in [-0.3, -0.25) is 4.99 Å². The third-order valence-corrected chi connectivity index (χ3v) is 3.44. The minimum absolute atomic E-state index is 0.759. The summed E-state index contributed by atoms with van der Waals surface area (Å²) in [5.41, 5.74) is 0. The number of likely N-dealkylation sites (tertiary alicyclic amines) is 1. The second-order valence-electron chi connectivity index (χ2n) is 4.91. The Bertz CT molecular complexity index is 255. The summed E-state index contributed by atoms with van der Waals surface area (Å²) in [6.45, 7) is 11.5. The molecule has 0 aromatic carbocycles.